The number of hydrogen-bond donors (Lipinski definition) is 3. The molecular weight excluding hydrogens is 254 g/mol. The van der Waals surface area contributed by atoms with Crippen LogP contribution in [0.25, 0.3) is 0 Å². The Hall–Kier alpha value is -1.62. The van der Waals surface area contributed by atoms with Crippen molar-refractivity contribution >= 4 is 11.6 Å². The quantitative estimate of drug-likeness (QED) is 0.767. The van der Waals surface area contributed by atoms with Crippen molar-refractivity contribution in [3.8, 4) is 0 Å². The van der Waals surface area contributed by atoms with Gasteiger partial charge in [0.25, 0.3) is 5.91 Å². The number of anilines is 1. The third-order valence-corrected chi connectivity index (χ3v) is 3.74. The second-order valence-electron chi connectivity index (χ2n) is 5.34. The fourth-order valence-electron chi connectivity index (χ4n) is 2.53. The fraction of sp³-hybridized carbons (Fsp3) is 0.600. The Bertz CT molecular complexity index is 442. The minimum atomic E-state index is -0.142. The molecule has 110 valence electrons. The van der Waals surface area contributed by atoms with E-state index < -0.39 is 0 Å². The number of rotatable bonds is 5. The molecule has 1 aromatic rings. The van der Waals surface area contributed by atoms with Gasteiger partial charge in [-0.3, -0.25) is 9.78 Å². The van der Waals surface area contributed by atoms with Crippen LogP contribution in [0, 0.1) is 5.92 Å². The van der Waals surface area contributed by atoms with Gasteiger partial charge in [0.15, 0.2) is 0 Å². The van der Waals surface area contributed by atoms with Crippen molar-refractivity contribution in [3.05, 3.63) is 24.0 Å². The van der Waals surface area contributed by atoms with E-state index in [9.17, 15) is 9.90 Å². The number of hydrogen-bond acceptors (Lipinski definition) is 4. The van der Waals surface area contributed by atoms with Gasteiger partial charge < -0.3 is 15.7 Å². The lowest BCUT2D eigenvalue weighted by Gasteiger charge is -2.25. The summed E-state index contributed by atoms with van der Waals surface area (Å²) in [6.07, 6.45) is 5.44. The summed E-state index contributed by atoms with van der Waals surface area (Å²) in [5, 5.41) is 15.6. The predicted molar refractivity (Wildman–Crippen MR) is 78.7 cm³/mol. The number of aliphatic hydroxyl groups excluding tert-OH is 1. The molecule has 1 heterocycles. The molecule has 0 aliphatic heterocycles. The monoisotopic (exact) mass is 277 g/mol. The van der Waals surface area contributed by atoms with Gasteiger partial charge in [-0.1, -0.05) is 0 Å². The SMILES string of the molecule is CCNC(=O)c1cc(NCC2CCC(O)CC2)ccn1. The minimum absolute atomic E-state index is 0.114. The molecule has 3 N–H and O–H groups in total. The number of carbonyl (C=O) groups is 1. The topological polar surface area (TPSA) is 74.2 Å². The molecule has 1 aliphatic rings. The average Bonchev–Trinajstić information content (AvgIpc) is 2.47. The van der Waals surface area contributed by atoms with Crippen LogP contribution in [0.1, 0.15) is 43.1 Å². The molecule has 0 aromatic carbocycles. The van der Waals surface area contributed by atoms with E-state index in [0.29, 0.717) is 18.2 Å². The van der Waals surface area contributed by atoms with Crippen molar-refractivity contribution < 1.29 is 9.90 Å². The second kappa shape index (κ2) is 7.24. The number of nitrogens with zero attached hydrogens (tertiary/aromatic N) is 1. The number of amides is 1. The Morgan fingerprint density at radius 3 is 2.85 bits per heavy atom. The van der Waals surface area contributed by atoms with Crippen LogP contribution in [0.4, 0.5) is 5.69 Å². The van der Waals surface area contributed by atoms with Crippen LogP contribution in [0.5, 0.6) is 0 Å². The molecule has 1 saturated carbocycles. The highest BCUT2D eigenvalue weighted by atomic mass is 16.3. The molecule has 5 heteroatoms. The third kappa shape index (κ3) is 4.20. The molecule has 1 amide bonds. The smallest absolute Gasteiger partial charge is 0.269 e. The standard InChI is InChI=1S/C15H23N3O2/c1-2-16-15(20)14-9-12(7-8-17-14)18-10-11-3-5-13(19)6-4-11/h7-9,11,13,19H,2-6,10H2,1H3,(H,16,20)(H,17,18). The van der Waals surface area contributed by atoms with Gasteiger partial charge >= 0.3 is 0 Å². The Kier molecular flexibility index (Phi) is 5.35. The summed E-state index contributed by atoms with van der Waals surface area (Å²) in [5.74, 6) is 0.455. The first-order valence-corrected chi connectivity index (χ1v) is 7.35. The molecule has 0 bridgehead atoms. The first-order chi connectivity index (χ1) is 9.69. The predicted octanol–water partition coefficient (Wildman–Crippen LogP) is 1.79. The van der Waals surface area contributed by atoms with E-state index in [0.717, 1.165) is 37.9 Å². The highest BCUT2D eigenvalue weighted by Crippen LogP contribution is 2.24. The summed E-state index contributed by atoms with van der Waals surface area (Å²) in [6.45, 7) is 3.37. The van der Waals surface area contributed by atoms with Crippen molar-refractivity contribution in [2.24, 2.45) is 5.92 Å². The van der Waals surface area contributed by atoms with E-state index in [1.807, 2.05) is 13.0 Å². The average molecular weight is 277 g/mol. The first kappa shape index (κ1) is 14.8. The highest BCUT2D eigenvalue weighted by molar-refractivity contribution is 5.93. The summed E-state index contributed by atoms with van der Waals surface area (Å²) in [6, 6.07) is 3.66. The van der Waals surface area contributed by atoms with Crippen LogP contribution >= 0.6 is 0 Å². The molecular formula is C15H23N3O2. The maximum Gasteiger partial charge on any atom is 0.269 e. The minimum Gasteiger partial charge on any atom is -0.393 e. The van der Waals surface area contributed by atoms with Gasteiger partial charge in [0.2, 0.25) is 0 Å². The Labute approximate surface area is 119 Å². The molecule has 0 unspecified atom stereocenters. The highest BCUT2D eigenvalue weighted by Gasteiger charge is 2.19. The van der Waals surface area contributed by atoms with Crippen LogP contribution in [0.15, 0.2) is 18.3 Å². The molecule has 0 spiro atoms. The van der Waals surface area contributed by atoms with E-state index in [1.54, 1.807) is 12.3 Å². The zero-order valence-electron chi connectivity index (χ0n) is 11.9. The van der Waals surface area contributed by atoms with Crippen LogP contribution < -0.4 is 10.6 Å². The summed E-state index contributed by atoms with van der Waals surface area (Å²) >= 11 is 0. The van der Waals surface area contributed by atoms with E-state index in [1.165, 1.54) is 0 Å². The number of aliphatic hydroxyl groups is 1. The van der Waals surface area contributed by atoms with Gasteiger partial charge in [-0.2, -0.15) is 0 Å². The van der Waals surface area contributed by atoms with Crippen molar-refractivity contribution in [1.82, 2.24) is 10.3 Å². The summed E-state index contributed by atoms with van der Waals surface area (Å²) in [4.78, 5) is 15.8. The van der Waals surface area contributed by atoms with Gasteiger partial charge in [0, 0.05) is 25.0 Å². The van der Waals surface area contributed by atoms with E-state index in [4.69, 9.17) is 0 Å². The maximum absolute atomic E-state index is 11.7. The van der Waals surface area contributed by atoms with Crippen molar-refractivity contribution in [2.75, 3.05) is 18.4 Å². The number of carbonyl (C=O) groups excluding carboxylic acids is 1. The fourth-order valence-corrected chi connectivity index (χ4v) is 2.53. The Morgan fingerprint density at radius 1 is 1.40 bits per heavy atom. The molecule has 2 rings (SSSR count). The van der Waals surface area contributed by atoms with E-state index in [2.05, 4.69) is 15.6 Å². The summed E-state index contributed by atoms with van der Waals surface area (Å²) in [7, 11) is 0. The number of pyridine rings is 1. The van der Waals surface area contributed by atoms with Crippen molar-refractivity contribution in [3.63, 3.8) is 0 Å². The zero-order valence-corrected chi connectivity index (χ0v) is 11.9. The summed E-state index contributed by atoms with van der Waals surface area (Å²) < 4.78 is 0. The second-order valence-corrected chi connectivity index (χ2v) is 5.34. The van der Waals surface area contributed by atoms with Gasteiger partial charge in [-0.15, -0.1) is 0 Å². The van der Waals surface area contributed by atoms with Gasteiger partial charge in [-0.25, -0.2) is 0 Å². The Morgan fingerprint density at radius 2 is 2.15 bits per heavy atom. The number of aromatic nitrogens is 1. The lowest BCUT2D eigenvalue weighted by Crippen LogP contribution is -2.25. The molecule has 1 aromatic heterocycles. The third-order valence-electron chi connectivity index (χ3n) is 3.74. The van der Waals surface area contributed by atoms with Gasteiger partial charge in [0.05, 0.1) is 6.10 Å². The van der Waals surface area contributed by atoms with Crippen molar-refractivity contribution in [1.29, 1.82) is 0 Å². The van der Waals surface area contributed by atoms with E-state index >= 15 is 0 Å². The van der Waals surface area contributed by atoms with Gasteiger partial charge in [-0.05, 0) is 50.7 Å². The van der Waals surface area contributed by atoms with Crippen LogP contribution in [0.2, 0.25) is 0 Å². The molecule has 0 atom stereocenters. The number of nitrogens with one attached hydrogen (secondary N) is 2. The van der Waals surface area contributed by atoms with E-state index in [-0.39, 0.29) is 12.0 Å². The molecule has 1 fully saturated rings. The van der Waals surface area contributed by atoms with Gasteiger partial charge in [0.1, 0.15) is 5.69 Å². The normalized spacial score (nSPS) is 22.3. The molecule has 20 heavy (non-hydrogen) atoms. The summed E-state index contributed by atoms with van der Waals surface area (Å²) in [5.41, 5.74) is 1.36. The maximum atomic E-state index is 11.7. The lowest BCUT2D eigenvalue weighted by molar-refractivity contribution is 0.0950. The molecule has 5 nitrogen and oxygen atoms in total. The largest absolute Gasteiger partial charge is 0.393 e. The Balaban J connectivity index is 1.86. The van der Waals surface area contributed by atoms with Crippen LogP contribution in [-0.2, 0) is 0 Å². The molecule has 1 aliphatic carbocycles. The molecule has 0 saturated heterocycles. The zero-order chi connectivity index (χ0) is 14.4. The first-order valence-electron chi connectivity index (χ1n) is 7.35. The van der Waals surface area contributed by atoms with Crippen molar-refractivity contribution in [2.45, 2.75) is 38.7 Å². The van der Waals surface area contributed by atoms with Crippen LogP contribution in [-0.4, -0.2) is 35.2 Å². The van der Waals surface area contributed by atoms with Crippen LogP contribution in [0.3, 0.4) is 0 Å². The molecule has 0 radical (unpaired) electrons. The lowest BCUT2D eigenvalue weighted by atomic mass is 9.87.